The van der Waals surface area contributed by atoms with E-state index >= 15 is 0 Å². The molecule has 0 aromatic heterocycles. The molecule has 0 saturated heterocycles. The predicted molar refractivity (Wildman–Crippen MR) is 108 cm³/mol. The van der Waals surface area contributed by atoms with Gasteiger partial charge in [0.2, 0.25) is 0 Å². The molecular weight excluding hydrogens is 421 g/mol. The molecule has 1 saturated carbocycles. The number of aliphatic imine (C=N–C) groups is 1. The maximum absolute atomic E-state index is 10.2. The lowest BCUT2D eigenvalue weighted by atomic mass is 9.73. The molecule has 7 heteroatoms. The third kappa shape index (κ3) is 5.14. The molecule has 1 aliphatic rings. The van der Waals surface area contributed by atoms with Crippen LogP contribution in [0.2, 0.25) is 0 Å². The number of guanidine groups is 1. The molecule has 0 amide bonds. The highest BCUT2D eigenvalue weighted by Gasteiger charge is 2.35. The van der Waals surface area contributed by atoms with E-state index in [9.17, 15) is 5.11 Å². The second-order valence-electron chi connectivity index (χ2n) is 6.31. The summed E-state index contributed by atoms with van der Waals surface area (Å²) in [5.41, 5.74) is 6.56. The minimum Gasteiger partial charge on any atom is -0.493 e. The average molecular weight is 449 g/mol. The Morgan fingerprint density at radius 1 is 1.33 bits per heavy atom. The number of aliphatic hydroxyl groups is 1. The van der Waals surface area contributed by atoms with Crippen LogP contribution >= 0.6 is 24.0 Å². The number of methoxy groups -OCH3 is 2. The van der Waals surface area contributed by atoms with E-state index in [-0.39, 0.29) is 35.5 Å². The lowest BCUT2D eigenvalue weighted by molar-refractivity contribution is 0.00724. The zero-order valence-corrected chi connectivity index (χ0v) is 16.9. The molecule has 0 bridgehead atoms. The van der Waals surface area contributed by atoms with Crippen molar-refractivity contribution in [1.29, 1.82) is 0 Å². The number of benzene rings is 1. The first kappa shape index (κ1) is 20.8. The van der Waals surface area contributed by atoms with E-state index in [2.05, 4.69) is 17.2 Å². The van der Waals surface area contributed by atoms with Gasteiger partial charge in [-0.1, -0.05) is 19.8 Å². The molecule has 0 radical (unpaired) electrons. The van der Waals surface area contributed by atoms with Crippen LogP contribution in [0.4, 0.5) is 5.69 Å². The largest absolute Gasteiger partial charge is 0.493 e. The van der Waals surface area contributed by atoms with Crippen molar-refractivity contribution >= 4 is 35.6 Å². The maximum atomic E-state index is 10.2. The van der Waals surface area contributed by atoms with Crippen molar-refractivity contribution < 1.29 is 14.6 Å². The van der Waals surface area contributed by atoms with Crippen LogP contribution in [0.1, 0.15) is 32.6 Å². The van der Waals surface area contributed by atoms with Gasteiger partial charge in [-0.3, -0.25) is 4.99 Å². The first-order valence-corrected chi connectivity index (χ1v) is 7.95. The molecule has 0 heterocycles. The van der Waals surface area contributed by atoms with Crippen LogP contribution in [0.3, 0.4) is 0 Å². The molecule has 136 valence electrons. The van der Waals surface area contributed by atoms with Gasteiger partial charge in [-0.25, -0.2) is 0 Å². The first-order valence-electron chi connectivity index (χ1n) is 7.95. The Hall–Kier alpha value is -1.22. The fourth-order valence-corrected chi connectivity index (χ4v) is 2.93. The van der Waals surface area contributed by atoms with Crippen LogP contribution in [0.15, 0.2) is 23.2 Å². The number of nitrogens with two attached hydrogens (primary N) is 1. The topological polar surface area (TPSA) is 89.1 Å². The Morgan fingerprint density at radius 2 is 2.04 bits per heavy atom. The van der Waals surface area contributed by atoms with Crippen molar-refractivity contribution in [2.75, 3.05) is 26.1 Å². The summed E-state index contributed by atoms with van der Waals surface area (Å²) in [4.78, 5) is 4.41. The van der Waals surface area contributed by atoms with Crippen LogP contribution in [-0.2, 0) is 0 Å². The molecule has 24 heavy (non-hydrogen) atoms. The number of halogens is 1. The molecule has 1 aliphatic carbocycles. The fourth-order valence-electron chi connectivity index (χ4n) is 2.93. The van der Waals surface area contributed by atoms with E-state index in [1.165, 1.54) is 0 Å². The normalized spacial score (nSPS) is 24.0. The smallest absolute Gasteiger partial charge is 0.193 e. The Labute approximate surface area is 160 Å². The van der Waals surface area contributed by atoms with E-state index in [1.54, 1.807) is 26.4 Å². The quantitative estimate of drug-likeness (QED) is 0.366. The zero-order chi connectivity index (χ0) is 16.9. The van der Waals surface area contributed by atoms with Gasteiger partial charge in [-0.05, 0) is 25.0 Å². The third-order valence-electron chi connectivity index (χ3n) is 4.55. The molecule has 2 unspecified atom stereocenters. The van der Waals surface area contributed by atoms with Crippen LogP contribution in [0.25, 0.3) is 0 Å². The van der Waals surface area contributed by atoms with E-state index in [0.29, 0.717) is 24.0 Å². The first-order chi connectivity index (χ1) is 11.0. The minimum absolute atomic E-state index is 0. The molecule has 6 nitrogen and oxygen atoms in total. The van der Waals surface area contributed by atoms with E-state index < -0.39 is 0 Å². The van der Waals surface area contributed by atoms with Crippen molar-refractivity contribution in [2.45, 2.75) is 38.7 Å². The van der Waals surface area contributed by atoms with Crippen LogP contribution < -0.4 is 20.5 Å². The summed E-state index contributed by atoms with van der Waals surface area (Å²) in [7, 11) is 3.18. The van der Waals surface area contributed by atoms with Gasteiger partial charge < -0.3 is 25.6 Å². The van der Waals surface area contributed by atoms with E-state index in [4.69, 9.17) is 15.2 Å². The number of ether oxygens (including phenoxy) is 2. The van der Waals surface area contributed by atoms with Gasteiger partial charge >= 0.3 is 0 Å². The van der Waals surface area contributed by atoms with Gasteiger partial charge in [-0.15, -0.1) is 24.0 Å². The van der Waals surface area contributed by atoms with Crippen LogP contribution in [0, 0.1) is 5.41 Å². The van der Waals surface area contributed by atoms with Gasteiger partial charge in [0.25, 0.3) is 0 Å². The van der Waals surface area contributed by atoms with Crippen molar-refractivity contribution in [3.63, 3.8) is 0 Å². The molecule has 4 N–H and O–H groups in total. The molecule has 1 aromatic rings. The Morgan fingerprint density at radius 3 is 2.67 bits per heavy atom. The van der Waals surface area contributed by atoms with Crippen molar-refractivity contribution in [3.05, 3.63) is 18.2 Å². The number of hydrogen-bond acceptors (Lipinski definition) is 4. The van der Waals surface area contributed by atoms with Crippen LogP contribution in [-0.4, -0.2) is 37.9 Å². The number of anilines is 1. The predicted octanol–water partition coefficient (Wildman–Crippen LogP) is 2.99. The Bertz CT molecular complexity index is 568. The number of nitrogens with zero attached hydrogens (tertiary/aromatic N) is 1. The summed E-state index contributed by atoms with van der Waals surface area (Å²) in [6.45, 7) is 2.59. The summed E-state index contributed by atoms with van der Waals surface area (Å²) in [5, 5.41) is 13.2. The lowest BCUT2D eigenvalue weighted by Crippen LogP contribution is -2.39. The van der Waals surface area contributed by atoms with Gasteiger partial charge in [0, 0.05) is 17.2 Å². The summed E-state index contributed by atoms with van der Waals surface area (Å²) in [5.74, 6) is 1.61. The van der Waals surface area contributed by atoms with Crippen molar-refractivity contribution in [2.24, 2.45) is 16.1 Å². The number of nitrogens with one attached hydrogen (secondary N) is 1. The zero-order valence-electron chi connectivity index (χ0n) is 14.5. The molecule has 2 atom stereocenters. The second kappa shape index (κ2) is 9.31. The average Bonchev–Trinajstić information content (AvgIpc) is 2.56. The third-order valence-corrected chi connectivity index (χ3v) is 4.55. The lowest BCUT2D eigenvalue weighted by Gasteiger charge is -2.37. The van der Waals surface area contributed by atoms with E-state index in [1.807, 2.05) is 6.07 Å². The monoisotopic (exact) mass is 449 g/mol. The fraction of sp³-hybridized carbons (Fsp3) is 0.588. The van der Waals surface area contributed by atoms with Crippen LogP contribution in [0.5, 0.6) is 11.5 Å². The number of rotatable bonds is 5. The number of aliphatic hydroxyl groups excluding tert-OH is 1. The maximum Gasteiger partial charge on any atom is 0.193 e. The van der Waals surface area contributed by atoms with Crippen molar-refractivity contribution in [3.8, 4) is 11.5 Å². The van der Waals surface area contributed by atoms with Gasteiger partial charge in [0.15, 0.2) is 17.5 Å². The van der Waals surface area contributed by atoms with Crippen molar-refractivity contribution in [1.82, 2.24) is 0 Å². The van der Waals surface area contributed by atoms with E-state index in [0.717, 1.165) is 31.4 Å². The molecule has 0 aliphatic heterocycles. The highest BCUT2D eigenvalue weighted by molar-refractivity contribution is 14.0. The second-order valence-corrected chi connectivity index (χ2v) is 6.31. The van der Waals surface area contributed by atoms with Gasteiger partial charge in [0.1, 0.15) is 0 Å². The summed E-state index contributed by atoms with van der Waals surface area (Å²) in [6, 6.07) is 5.46. The molecular formula is C17H28IN3O3. The summed E-state index contributed by atoms with van der Waals surface area (Å²) >= 11 is 0. The number of hydrogen-bond donors (Lipinski definition) is 3. The molecule has 1 fully saturated rings. The minimum atomic E-state index is -0.311. The summed E-state index contributed by atoms with van der Waals surface area (Å²) < 4.78 is 10.5. The standard InChI is InChI=1S/C17H27N3O3.HI/c1-17(9-5-4-6-15(17)21)11-19-16(18)20-12-7-8-13(22-2)14(10-12)23-3;/h7-8,10,15,21H,4-6,9,11H2,1-3H3,(H3,18,19,20);1H. The van der Waals surface area contributed by atoms with Gasteiger partial charge in [0.05, 0.1) is 26.9 Å². The Balaban J connectivity index is 0.00000288. The molecule has 2 rings (SSSR count). The summed E-state index contributed by atoms with van der Waals surface area (Å²) in [6.07, 6.45) is 3.72. The highest BCUT2D eigenvalue weighted by atomic mass is 127. The highest BCUT2D eigenvalue weighted by Crippen LogP contribution is 2.36. The van der Waals surface area contributed by atoms with Gasteiger partial charge in [-0.2, -0.15) is 0 Å². The Kier molecular flexibility index (Phi) is 8.08. The molecule has 0 spiro atoms. The molecule has 1 aromatic carbocycles. The SMILES string of the molecule is COc1ccc(NC(N)=NCC2(C)CCCCC2O)cc1OC.I.